The number of thioether (sulfide) groups is 1. The SMILES string of the molecule is Cc1cc(OCC(=O)O)cc(C)c1SCc1sc(-c2ccc(C(F)(F)F)cc2)nc1C. The van der Waals surface area contributed by atoms with Crippen molar-refractivity contribution >= 4 is 29.1 Å². The maximum Gasteiger partial charge on any atom is 0.416 e. The highest BCUT2D eigenvalue weighted by Crippen LogP contribution is 2.37. The second kappa shape index (κ2) is 9.32. The standard InChI is InChI=1S/C22H20F3NO3S2/c1-12-8-17(29-10-19(27)28)9-13(2)20(12)30-11-18-14(3)26-21(31-18)15-4-6-16(7-5-15)22(23,24)25/h4-9H,10-11H2,1-3H3,(H,27,28). The molecule has 0 amide bonds. The highest BCUT2D eigenvalue weighted by Gasteiger charge is 2.30. The molecule has 0 aliphatic heterocycles. The molecule has 1 N–H and O–H groups in total. The van der Waals surface area contributed by atoms with Gasteiger partial charge in [-0.3, -0.25) is 0 Å². The van der Waals surface area contributed by atoms with Gasteiger partial charge >= 0.3 is 12.1 Å². The second-order valence-electron chi connectivity index (χ2n) is 6.96. The number of carboxylic acid groups (broad SMARTS) is 1. The fourth-order valence-corrected chi connectivity index (χ4v) is 5.32. The van der Waals surface area contributed by atoms with Crippen LogP contribution in [0.2, 0.25) is 0 Å². The lowest BCUT2D eigenvalue weighted by Crippen LogP contribution is -2.09. The predicted octanol–water partition coefficient (Wildman–Crippen LogP) is 6.51. The van der Waals surface area contributed by atoms with E-state index >= 15 is 0 Å². The summed E-state index contributed by atoms with van der Waals surface area (Å²) in [5.74, 6) is 0.153. The monoisotopic (exact) mass is 467 g/mol. The van der Waals surface area contributed by atoms with Gasteiger partial charge in [0.15, 0.2) is 6.61 Å². The van der Waals surface area contributed by atoms with Gasteiger partial charge in [-0.1, -0.05) is 12.1 Å². The summed E-state index contributed by atoms with van der Waals surface area (Å²) >= 11 is 3.11. The van der Waals surface area contributed by atoms with Gasteiger partial charge in [-0.15, -0.1) is 23.1 Å². The Balaban J connectivity index is 1.73. The normalized spacial score (nSPS) is 11.5. The average molecular weight is 468 g/mol. The van der Waals surface area contributed by atoms with Crippen molar-refractivity contribution in [2.45, 2.75) is 37.6 Å². The first-order valence-electron chi connectivity index (χ1n) is 9.27. The fourth-order valence-electron chi connectivity index (χ4n) is 2.99. The van der Waals surface area contributed by atoms with Gasteiger partial charge in [0.05, 0.1) is 11.3 Å². The molecule has 1 aromatic heterocycles. The summed E-state index contributed by atoms with van der Waals surface area (Å²) in [6, 6.07) is 8.66. The van der Waals surface area contributed by atoms with Crippen LogP contribution in [-0.2, 0) is 16.7 Å². The molecular formula is C22H20F3NO3S2. The van der Waals surface area contributed by atoms with Crippen LogP contribution in [-0.4, -0.2) is 22.7 Å². The number of carbonyl (C=O) groups is 1. The second-order valence-corrected chi connectivity index (χ2v) is 9.03. The smallest absolute Gasteiger partial charge is 0.416 e. The number of thiazole rings is 1. The fraction of sp³-hybridized carbons (Fsp3) is 0.273. The summed E-state index contributed by atoms with van der Waals surface area (Å²) in [6.07, 6.45) is -4.36. The molecule has 4 nitrogen and oxygen atoms in total. The van der Waals surface area contributed by atoms with Gasteiger partial charge in [0.1, 0.15) is 10.8 Å². The van der Waals surface area contributed by atoms with Crippen molar-refractivity contribution in [3.63, 3.8) is 0 Å². The molecule has 1 heterocycles. The van der Waals surface area contributed by atoms with Crippen molar-refractivity contribution in [1.29, 1.82) is 0 Å². The van der Waals surface area contributed by atoms with Crippen LogP contribution >= 0.6 is 23.1 Å². The molecule has 0 aliphatic rings. The Bertz CT molecular complexity index is 1070. The van der Waals surface area contributed by atoms with Crippen LogP contribution in [0.4, 0.5) is 13.2 Å². The van der Waals surface area contributed by atoms with E-state index in [-0.39, 0.29) is 0 Å². The van der Waals surface area contributed by atoms with Crippen LogP contribution in [0.5, 0.6) is 5.75 Å². The Morgan fingerprint density at radius 3 is 2.29 bits per heavy atom. The molecular weight excluding hydrogens is 447 g/mol. The maximum atomic E-state index is 12.8. The minimum Gasteiger partial charge on any atom is -0.482 e. The van der Waals surface area contributed by atoms with Gasteiger partial charge in [0, 0.05) is 21.1 Å². The molecule has 9 heteroatoms. The molecule has 0 aliphatic carbocycles. The first-order chi connectivity index (χ1) is 14.5. The third kappa shape index (κ3) is 5.80. The van der Waals surface area contributed by atoms with Crippen molar-refractivity contribution in [2.75, 3.05) is 6.61 Å². The number of halogens is 3. The Labute approximate surface area is 186 Å². The van der Waals surface area contributed by atoms with Crippen LogP contribution < -0.4 is 4.74 Å². The van der Waals surface area contributed by atoms with Crippen LogP contribution in [0.3, 0.4) is 0 Å². The Morgan fingerprint density at radius 1 is 1.13 bits per heavy atom. The third-order valence-corrected chi connectivity index (χ3v) is 7.25. The van der Waals surface area contributed by atoms with E-state index in [0.717, 1.165) is 38.7 Å². The first kappa shape index (κ1) is 23.1. The number of nitrogens with zero attached hydrogens (tertiary/aromatic N) is 1. The van der Waals surface area contributed by atoms with Crippen LogP contribution in [0, 0.1) is 20.8 Å². The third-order valence-electron chi connectivity index (χ3n) is 4.50. The van der Waals surface area contributed by atoms with E-state index in [9.17, 15) is 18.0 Å². The van der Waals surface area contributed by atoms with Gasteiger partial charge < -0.3 is 9.84 Å². The summed E-state index contributed by atoms with van der Waals surface area (Å²) < 4.78 is 43.6. The van der Waals surface area contributed by atoms with Crippen molar-refractivity contribution in [3.05, 3.63) is 63.7 Å². The molecule has 3 aromatic rings. The van der Waals surface area contributed by atoms with Crippen molar-refractivity contribution in [2.24, 2.45) is 0 Å². The molecule has 0 atom stereocenters. The first-order valence-corrected chi connectivity index (χ1v) is 11.1. The number of hydrogen-bond donors (Lipinski definition) is 1. The summed E-state index contributed by atoms with van der Waals surface area (Å²) in [6.45, 7) is 5.38. The van der Waals surface area contributed by atoms with E-state index in [4.69, 9.17) is 9.84 Å². The number of benzene rings is 2. The zero-order chi connectivity index (χ0) is 22.8. The van der Waals surface area contributed by atoms with Gasteiger partial charge in [0.2, 0.25) is 0 Å². The summed E-state index contributed by atoms with van der Waals surface area (Å²) in [5, 5.41) is 9.44. The van der Waals surface area contributed by atoms with Crippen molar-refractivity contribution in [3.8, 4) is 16.3 Å². The van der Waals surface area contributed by atoms with E-state index in [1.54, 1.807) is 11.8 Å². The number of carboxylic acids is 1. The molecule has 0 radical (unpaired) electrons. The molecule has 2 aromatic carbocycles. The Morgan fingerprint density at radius 2 is 1.74 bits per heavy atom. The average Bonchev–Trinajstić information content (AvgIpc) is 3.06. The van der Waals surface area contributed by atoms with Crippen LogP contribution in [0.15, 0.2) is 41.3 Å². The van der Waals surface area contributed by atoms with E-state index < -0.39 is 24.3 Å². The number of rotatable bonds is 7. The lowest BCUT2D eigenvalue weighted by Gasteiger charge is -2.12. The highest BCUT2D eigenvalue weighted by molar-refractivity contribution is 7.98. The van der Waals surface area contributed by atoms with Gasteiger partial charge in [-0.2, -0.15) is 13.2 Å². The van der Waals surface area contributed by atoms with Crippen LogP contribution in [0.1, 0.15) is 27.3 Å². The van der Waals surface area contributed by atoms with Gasteiger partial charge in [0.25, 0.3) is 0 Å². The largest absolute Gasteiger partial charge is 0.482 e. The summed E-state index contributed by atoms with van der Waals surface area (Å²) in [5.41, 5.74) is 2.79. The minimum atomic E-state index is -4.36. The van der Waals surface area contributed by atoms with Crippen molar-refractivity contribution in [1.82, 2.24) is 4.98 Å². The van der Waals surface area contributed by atoms with E-state index in [1.165, 1.54) is 23.5 Å². The molecule has 0 unspecified atom stereocenters. The number of ether oxygens (including phenoxy) is 1. The number of aromatic nitrogens is 1. The van der Waals surface area contributed by atoms with Gasteiger partial charge in [-0.25, -0.2) is 9.78 Å². The topological polar surface area (TPSA) is 59.4 Å². The molecule has 31 heavy (non-hydrogen) atoms. The molecule has 3 rings (SSSR count). The number of hydrogen-bond acceptors (Lipinski definition) is 5. The molecule has 0 saturated heterocycles. The predicted molar refractivity (Wildman–Crippen MR) is 116 cm³/mol. The molecule has 0 saturated carbocycles. The molecule has 0 spiro atoms. The minimum absolute atomic E-state index is 0.391. The number of aliphatic carboxylic acids is 1. The lowest BCUT2D eigenvalue weighted by atomic mass is 10.1. The van der Waals surface area contributed by atoms with E-state index in [2.05, 4.69) is 4.98 Å². The Hall–Kier alpha value is -2.52. The zero-order valence-electron chi connectivity index (χ0n) is 17.0. The lowest BCUT2D eigenvalue weighted by molar-refractivity contribution is -0.139. The van der Waals surface area contributed by atoms with Crippen molar-refractivity contribution < 1.29 is 27.8 Å². The maximum absolute atomic E-state index is 12.8. The van der Waals surface area contributed by atoms with E-state index in [1.807, 2.05) is 32.9 Å². The molecule has 0 fully saturated rings. The molecule has 164 valence electrons. The molecule has 0 bridgehead atoms. The van der Waals surface area contributed by atoms with E-state index in [0.29, 0.717) is 22.1 Å². The highest BCUT2D eigenvalue weighted by atomic mass is 32.2. The summed E-state index contributed by atoms with van der Waals surface area (Å²) in [4.78, 5) is 17.3. The zero-order valence-corrected chi connectivity index (χ0v) is 18.7. The summed E-state index contributed by atoms with van der Waals surface area (Å²) in [7, 11) is 0. The van der Waals surface area contributed by atoms with Gasteiger partial charge in [-0.05, 0) is 56.2 Å². The number of aryl methyl sites for hydroxylation is 3. The Kier molecular flexibility index (Phi) is 6.96. The van der Waals surface area contributed by atoms with Crippen LogP contribution in [0.25, 0.3) is 10.6 Å². The quantitative estimate of drug-likeness (QED) is 0.402. The number of alkyl halides is 3.